The number of nitrogens with zero attached hydrogens (tertiary/aromatic N) is 4. The van der Waals surface area contributed by atoms with Gasteiger partial charge in [0.1, 0.15) is 5.82 Å². The predicted octanol–water partition coefficient (Wildman–Crippen LogP) is 2.73. The standard InChI is InChI=1S/C21H30N6/c1-16-14-24-21(22)25-20(16)27-11-7-18(8-12-27)23-15-17-5-4-6-19(13-17)26-9-2-3-10-26/h4-6,13-14,18,23H,2-3,7-12,15H2,1H3,(H2,22,24,25). The Morgan fingerprint density at radius 2 is 1.89 bits per heavy atom. The molecule has 3 N–H and O–H groups in total. The summed E-state index contributed by atoms with van der Waals surface area (Å²) >= 11 is 0. The number of anilines is 3. The van der Waals surface area contributed by atoms with E-state index in [2.05, 4.69) is 49.4 Å². The number of hydrogen-bond donors (Lipinski definition) is 2. The van der Waals surface area contributed by atoms with Crippen molar-refractivity contribution < 1.29 is 0 Å². The molecule has 2 fully saturated rings. The summed E-state index contributed by atoms with van der Waals surface area (Å²) in [6, 6.07) is 9.56. The smallest absolute Gasteiger partial charge is 0.221 e. The fourth-order valence-electron chi connectivity index (χ4n) is 4.16. The Morgan fingerprint density at radius 3 is 2.67 bits per heavy atom. The van der Waals surface area contributed by atoms with Crippen molar-refractivity contribution in [3.05, 3.63) is 41.6 Å². The minimum atomic E-state index is 0.355. The average Bonchev–Trinajstić information content (AvgIpc) is 3.24. The van der Waals surface area contributed by atoms with Crippen molar-refractivity contribution in [1.29, 1.82) is 0 Å². The highest BCUT2D eigenvalue weighted by molar-refractivity contribution is 5.50. The van der Waals surface area contributed by atoms with E-state index in [0.717, 1.165) is 43.9 Å². The lowest BCUT2D eigenvalue weighted by molar-refractivity contribution is 0.412. The van der Waals surface area contributed by atoms with Gasteiger partial charge in [-0.05, 0) is 50.3 Å². The molecular weight excluding hydrogens is 336 g/mol. The molecule has 4 rings (SSSR count). The van der Waals surface area contributed by atoms with Crippen LogP contribution in [0.25, 0.3) is 0 Å². The Balaban J connectivity index is 1.30. The molecule has 144 valence electrons. The summed E-state index contributed by atoms with van der Waals surface area (Å²) in [6.45, 7) is 7.38. The topological polar surface area (TPSA) is 70.3 Å². The number of aryl methyl sites for hydroxylation is 1. The number of benzene rings is 1. The van der Waals surface area contributed by atoms with E-state index in [0.29, 0.717) is 12.0 Å². The summed E-state index contributed by atoms with van der Waals surface area (Å²) in [5, 5.41) is 3.75. The van der Waals surface area contributed by atoms with Crippen molar-refractivity contribution in [3.8, 4) is 0 Å². The van der Waals surface area contributed by atoms with E-state index < -0.39 is 0 Å². The molecule has 0 radical (unpaired) electrons. The lowest BCUT2D eigenvalue weighted by atomic mass is 10.0. The maximum Gasteiger partial charge on any atom is 0.221 e. The Kier molecular flexibility index (Phi) is 5.43. The van der Waals surface area contributed by atoms with E-state index in [1.165, 1.54) is 37.2 Å². The molecule has 2 saturated heterocycles. The van der Waals surface area contributed by atoms with Gasteiger partial charge in [0.2, 0.25) is 5.95 Å². The van der Waals surface area contributed by atoms with Gasteiger partial charge in [-0.15, -0.1) is 0 Å². The van der Waals surface area contributed by atoms with Gasteiger partial charge < -0.3 is 20.9 Å². The SMILES string of the molecule is Cc1cnc(N)nc1N1CCC(NCc2cccc(N3CCCC3)c2)CC1. The van der Waals surface area contributed by atoms with Crippen LogP contribution < -0.4 is 20.9 Å². The monoisotopic (exact) mass is 366 g/mol. The zero-order valence-electron chi connectivity index (χ0n) is 16.2. The third kappa shape index (κ3) is 4.33. The van der Waals surface area contributed by atoms with Gasteiger partial charge in [0.05, 0.1) is 0 Å². The summed E-state index contributed by atoms with van der Waals surface area (Å²) < 4.78 is 0. The Bertz CT molecular complexity index is 763. The van der Waals surface area contributed by atoms with Crippen LogP contribution >= 0.6 is 0 Å². The minimum absolute atomic E-state index is 0.355. The molecule has 0 bridgehead atoms. The maximum absolute atomic E-state index is 5.77. The highest BCUT2D eigenvalue weighted by atomic mass is 15.2. The fraction of sp³-hybridized carbons (Fsp3) is 0.524. The van der Waals surface area contributed by atoms with Crippen LogP contribution in [-0.4, -0.2) is 42.2 Å². The van der Waals surface area contributed by atoms with Gasteiger partial charge in [0, 0.05) is 56.2 Å². The van der Waals surface area contributed by atoms with Crippen molar-refractivity contribution >= 4 is 17.5 Å². The normalized spacial score (nSPS) is 18.3. The molecule has 1 aromatic carbocycles. The quantitative estimate of drug-likeness (QED) is 0.848. The van der Waals surface area contributed by atoms with Crippen LogP contribution in [-0.2, 0) is 6.54 Å². The summed E-state index contributed by atoms with van der Waals surface area (Å²) in [7, 11) is 0. The first-order valence-corrected chi connectivity index (χ1v) is 10.1. The first-order valence-electron chi connectivity index (χ1n) is 10.1. The van der Waals surface area contributed by atoms with Gasteiger partial charge in [-0.1, -0.05) is 12.1 Å². The van der Waals surface area contributed by atoms with Crippen LogP contribution in [0.2, 0.25) is 0 Å². The zero-order valence-corrected chi connectivity index (χ0v) is 16.2. The van der Waals surface area contributed by atoms with Crippen molar-refractivity contribution in [1.82, 2.24) is 15.3 Å². The van der Waals surface area contributed by atoms with E-state index in [-0.39, 0.29) is 0 Å². The van der Waals surface area contributed by atoms with Crippen molar-refractivity contribution in [2.24, 2.45) is 0 Å². The van der Waals surface area contributed by atoms with Gasteiger partial charge in [0.25, 0.3) is 0 Å². The highest BCUT2D eigenvalue weighted by Gasteiger charge is 2.21. The van der Waals surface area contributed by atoms with Crippen LogP contribution in [0.15, 0.2) is 30.5 Å². The summed E-state index contributed by atoms with van der Waals surface area (Å²) in [5.41, 5.74) is 9.61. The van der Waals surface area contributed by atoms with Crippen LogP contribution in [0.5, 0.6) is 0 Å². The van der Waals surface area contributed by atoms with Gasteiger partial charge in [0.15, 0.2) is 0 Å². The molecule has 2 aliphatic rings. The molecule has 2 aliphatic heterocycles. The number of rotatable bonds is 5. The average molecular weight is 367 g/mol. The van der Waals surface area contributed by atoms with Gasteiger partial charge >= 0.3 is 0 Å². The molecule has 6 heteroatoms. The third-order valence-electron chi connectivity index (χ3n) is 5.73. The number of aromatic nitrogens is 2. The molecule has 1 aromatic heterocycles. The fourth-order valence-corrected chi connectivity index (χ4v) is 4.16. The molecule has 0 atom stereocenters. The van der Waals surface area contributed by atoms with Crippen molar-refractivity contribution in [2.45, 2.75) is 45.2 Å². The van der Waals surface area contributed by atoms with Crippen LogP contribution in [0.4, 0.5) is 17.5 Å². The molecule has 3 heterocycles. The molecular formula is C21H30N6. The van der Waals surface area contributed by atoms with E-state index in [4.69, 9.17) is 5.73 Å². The second-order valence-electron chi connectivity index (χ2n) is 7.74. The van der Waals surface area contributed by atoms with Crippen molar-refractivity contribution in [3.63, 3.8) is 0 Å². The molecule has 2 aromatic rings. The molecule has 0 unspecified atom stereocenters. The first-order chi connectivity index (χ1) is 13.2. The van der Waals surface area contributed by atoms with E-state index >= 15 is 0 Å². The van der Waals surface area contributed by atoms with Crippen LogP contribution in [0.1, 0.15) is 36.8 Å². The van der Waals surface area contributed by atoms with Crippen LogP contribution in [0, 0.1) is 6.92 Å². The molecule has 0 spiro atoms. The summed E-state index contributed by atoms with van der Waals surface area (Å²) in [4.78, 5) is 13.3. The molecule has 0 saturated carbocycles. The van der Waals surface area contributed by atoms with E-state index in [1.807, 2.05) is 13.1 Å². The van der Waals surface area contributed by atoms with Gasteiger partial charge in [-0.2, -0.15) is 4.98 Å². The van der Waals surface area contributed by atoms with Crippen LogP contribution in [0.3, 0.4) is 0 Å². The summed E-state index contributed by atoms with van der Waals surface area (Å²) in [5.74, 6) is 1.34. The lowest BCUT2D eigenvalue weighted by Gasteiger charge is -2.34. The predicted molar refractivity (Wildman–Crippen MR) is 111 cm³/mol. The number of nitrogen functional groups attached to an aromatic ring is 1. The second kappa shape index (κ2) is 8.13. The Hall–Kier alpha value is -2.34. The van der Waals surface area contributed by atoms with E-state index in [1.54, 1.807) is 0 Å². The molecule has 0 amide bonds. The highest BCUT2D eigenvalue weighted by Crippen LogP contribution is 2.23. The molecule has 6 nitrogen and oxygen atoms in total. The van der Waals surface area contributed by atoms with Gasteiger partial charge in [-0.3, -0.25) is 0 Å². The number of piperidine rings is 1. The number of nitrogens with two attached hydrogens (primary N) is 1. The Morgan fingerprint density at radius 1 is 1.11 bits per heavy atom. The number of nitrogens with one attached hydrogen (secondary N) is 1. The second-order valence-corrected chi connectivity index (χ2v) is 7.74. The molecule has 0 aliphatic carbocycles. The number of hydrogen-bond acceptors (Lipinski definition) is 6. The van der Waals surface area contributed by atoms with Gasteiger partial charge in [-0.25, -0.2) is 4.98 Å². The minimum Gasteiger partial charge on any atom is -0.372 e. The molecule has 27 heavy (non-hydrogen) atoms. The van der Waals surface area contributed by atoms with E-state index in [9.17, 15) is 0 Å². The zero-order chi connectivity index (χ0) is 18.6. The third-order valence-corrected chi connectivity index (χ3v) is 5.73. The first kappa shape index (κ1) is 18.0. The lowest BCUT2D eigenvalue weighted by Crippen LogP contribution is -2.42. The Labute approximate surface area is 161 Å². The largest absolute Gasteiger partial charge is 0.372 e. The van der Waals surface area contributed by atoms with Crippen molar-refractivity contribution in [2.75, 3.05) is 41.7 Å². The summed E-state index contributed by atoms with van der Waals surface area (Å²) in [6.07, 6.45) is 6.69. The maximum atomic E-state index is 5.77.